The maximum atomic E-state index is 13.6. The molecule has 0 radical (unpaired) electrons. The van der Waals surface area contributed by atoms with E-state index >= 15 is 0 Å². The van der Waals surface area contributed by atoms with Crippen molar-refractivity contribution >= 4 is 28.3 Å². The molecule has 2 aromatic heterocycles. The second-order valence-corrected chi connectivity index (χ2v) is 8.60. The first-order valence-corrected chi connectivity index (χ1v) is 11.4. The molecule has 0 aliphatic heterocycles. The van der Waals surface area contributed by atoms with Crippen molar-refractivity contribution in [3.8, 4) is 34.0 Å². The first kappa shape index (κ1) is 23.9. The van der Waals surface area contributed by atoms with Crippen LogP contribution in [0.15, 0.2) is 76.3 Å². The van der Waals surface area contributed by atoms with Gasteiger partial charge in [0.05, 0.1) is 28.8 Å². The largest absolute Gasteiger partial charge is 0.504 e. The Kier molecular flexibility index (Phi) is 5.81. The first-order valence-electron chi connectivity index (χ1n) is 11.0. The summed E-state index contributed by atoms with van der Waals surface area (Å²) in [4.78, 5) is 40.0. The SMILES string of the molecule is COc1cccc(-c2ccc(-n3c(Cl)cc4[nH]c(=O)n(-c5cccc([N+](=O)[O-])c5C)c(=O)c43)cc2)c1O. The van der Waals surface area contributed by atoms with Crippen molar-refractivity contribution in [1.29, 1.82) is 0 Å². The highest BCUT2D eigenvalue weighted by Gasteiger charge is 2.21. The third-order valence-corrected chi connectivity index (χ3v) is 6.45. The summed E-state index contributed by atoms with van der Waals surface area (Å²) in [5, 5.41) is 22.1. The van der Waals surface area contributed by atoms with Crippen LogP contribution in [0.4, 0.5) is 5.69 Å². The van der Waals surface area contributed by atoms with Gasteiger partial charge in [0.25, 0.3) is 11.2 Å². The molecular weight excluding hydrogens is 500 g/mol. The summed E-state index contributed by atoms with van der Waals surface area (Å²) in [6.07, 6.45) is 0. The molecule has 3 aromatic carbocycles. The van der Waals surface area contributed by atoms with E-state index in [0.717, 1.165) is 4.57 Å². The molecule has 0 fully saturated rings. The highest BCUT2D eigenvalue weighted by atomic mass is 35.5. The van der Waals surface area contributed by atoms with Crippen LogP contribution < -0.4 is 16.0 Å². The number of hydrogen-bond acceptors (Lipinski definition) is 6. The molecule has 186 valence electrons. The number of aromatic nitrogens is 3. The average molecular weight is 519 g/mol. The number of rotatable bonds is 5. The zero-order valence-electron chi connectivity index (χ0n) is 19.6. The number of nitrogens with one attached hydrogen (secondary N) is 1. The zero-order chi connectivity index (χ0) is 26.4. The molecule has 37 heavy (non-hydrogen) atoms. The Morgan fingerprint density at radius 3 is 2.41 bits per heavy atom. The van der Waals surface area contributed by atoms with E-state index in [-0.39, 0.29) is 38.9 Å². The summed E-state index contributed by atoms with van der Waals surface area (Å²) in [6.45, 7) is 1.47. The summed E-state index contributed by atoms with van der Waals surface area (Å²) < 4.78 is 7.52. The number of hydrogen-bond donors (Lipinski definition) is 2. The zero-order valence-corrected chi connectivity index (χ0v) is 20.3. The monoisotopic (exact) mass is 518 g/mol. The van der Waals surface area contributed by atoms with E-state index in [4.69, 9.17) is 16.3 Å². The fourth-order valence-corrected chi connectivity index (χ4v) is 4.68. The molecule has 10 nitrogen and oxygen atoms in total. The van der Waals surface area contributed by atoms with E-state index in [1.54, 1.807) is 42.5 Å². The van der Waals surface area contributed by atoms with E-state index in [9.17, 15) is 24.8 Å². The minimum atomic E-state index is -0.751. The second-order valence-electron chi connectivity index (χ2n) is 8.22. The number of nitro benzene ring substituents is 1. The summed E-state index contributed by atoms with van der Waals surface area (Å²) >= 11 is 6.49. The van der Waals surface area contributed by atoms with Crippen LogP contribution in [-0.4, -0.2) is 31.3 Å². The van der Waals surface area contributed by atoms with Crippen LogP contribution in [0.3, 0.4) is 0 Å². The number of ether oxygens (including phenoxy) is 1. The smallest absolute Gasteiger partial charge is 0.333 e. The molecule has 2 N–H and O–H groups in total. The van der Waals surface area contributed by atoms with Crippen LogP contribution in [0.2, 0.25) is 5.15 Å². The molecule has 0 aliphatic carbocycles. The van der Waals surface area contributed by atoms with Crippen LogP contribution >= 0.6 is 11.6 Å². The summed E-state index contributed by atoms with van der Waals surface area (Å²) in [6, 6.07) is 17.7. The third-order valence-electron chi connectivity index (χ3n) is 6.18. The van der Waals surface area contributed by atoms with Gasteiger partial charge in [0.1, 0.15) is 10.7 Å². The number of H-pyrrole nitrogens is 1. The Morgan fingerprint density at radius 1 is 1.03 bits per heavy atom. The standard InChI is InChI=1S/C26H19ClN4O6/c1-14-19(6-4-7-20(14)31(35)36)30-25(33)23-18(28-26(30)34)13-22(27)29(23)16-11-9-15(10-12-16)17-5-3-8-21(37-2)24(17)32/h3-13,32H,1-2H3,(H,28,34). The molecule has 0 bridgehead atoms. The van der Waals surface area contributed by atoms with Crippen LogP contribution in [0.5, 0.6) is 11.5 Å². The van der Waals surface area contributed by atoms with Gasteiger partial charge in [0.2, 0.25) is 0 Å². The molecule has 0 saturated carbocycles. The molecule has 5 aromatic rings. The second kappa shape index (κ2) is 8.99. The van der Waals surface area contributed by atoms with E-state index in [0.29, 0.717) is 22.6 Å². The quantitative estimate of drug-likeness (QED) is 0.255. The van der Waals surface area contributed by atoms with Gasteiger partial charge in [-0.15, -0.1) is 0 Å². The summed E-state index contributed by atoms with van der Waals surface area (Å²) in [7, 11) is 1.47. The number of nitro groups is 1. The number of benzene rings is 3. The van der Waals surface area contributed by atoms with Gasteiger partial charge in [-0.2, -0.15) is 0 Å². The molecule has 0 spiro atoms. The average Bonchev–Trinajstić information content (AvgIpc) is 3.20. The van der Waals surface area contributed by atoms with Crippen LogP contribution in [-0.2, 0) is 0 Å². The predicted octanol–water partition coefficient (Wildman–Crippen LogP) is 4.72. The van der Waals surface area contributed by atoms with Gasteiger partial charge in [-0.25, -0.2) is 9.36 Å². The Hall–Kier alpha value is -4.83. The van der Waals surface area contributed by atoms with Crippen molar-refractivity contribution < 1.29 is 14.8 Å². The van der Waals surface area contributed by atoms with Gasteiger partial charge in [-0.1, -0.05) is 41.9 Å². The number of nitrogens with zero attached hydrogens (tertiary/aromatic N) is 3. The molecule has 5 rings (SSSR count). The Morgan fingerprint density at radius 2 is 1.73 bits per heavy atom. The fourth-order valence-electron chi connectivity index (χ4n) is 4.39. The number of para-hydroxylation sites is 1. The Bertz CT molecular complexity index is 1820. The lowest BCUT2D eigenvalue weighted by Gasteiger charge is -2.12. The topological polar surface area (TPSA) is 132 Å². The van der Waals surface area contributed by atoms with Crippen molar-refractivity contribution in [3.05, 3.63) is 108 Å². The van der Waals surface area contributed by atoms with E-state index < -0.39 is 16.2 Å². The summed E-state index contributed by atoms with van der Waals surface area (Å²) in [5.41, 5.74) is 0.698. The normalized spacial score (nSPS) is 11.1. The number of halogens is 1. The lowest BCUT2D eigenvalue weighted by atomic mass is 10.0. The molecule has 0 saturated heterocycles. The minimum Gasteiger partial charge on any atom is -0.504 e. The van der Waals surface area contributed by atoms with Gasteiger partial charge >= 0.3 is 5.69 Å². The molecule has 11 heteroatoms. The number of aromatic amines is 1. The number of phenolic OH excluding ortho intramolecular Hbond substituents is 1. The molecular formula is C26H19ClN4O6. The Labute approximate surface area is 213 Å². The van der Waals surface area contributed by atoms with E-state index in [2.05, 4.69) is 4.98 Å². The lowest BCUT2D eigenvalue weighted by Crippen LogP contribution is -2.34. The predicted molar refractivity (Wildman–Crippen MR) is 140 cm³/mol. The highest BCUT2D eigenvalue weighted by Crippen LogP contribution is 2.37. The maximum Gasteiger partial charge on any atom is 0.333 e. The van der Waals surface area contributed by atoms with E-state index in [1.807, 2.05) is 0 Å². The molecule has 0 amide bonds. The highest BCUT2D eigenvalue weighted by molar-refractivity contribution is 6.31. The van der Waals surface area contributed by atoms with Gasteiger partial charge in [-0.3, -0.25) is 19.5 Å². The maximum absolute atomic E-state index is 13.6. The molecule has 0 aliphatic rings. The van der Waals surface area contributed by atoms with Crippen molar-refractivity contribution in [1.82, 2.24) is 14.1 Å². The number of methoxy groups -OCH3 is 1. The molecule has 0 unspecified atom stereocenters. The number of fused-ring (bicyclic) bond motifs is 1. The van der Waals surface area contributed by atoms with Gasteiger partial charge in [0.15, 0.2) is 11.5 Å². The fraction of sp³-hybridized carbons (Fsp3) is 0.0769. The van der Waals surface area contributed by atoms with Crippen molar-refractivity contribution in [2.75, 3.05) is 7.11 Å². The molecule has 0 atom stereocenters. The van der Waals surface area contributed by atoms with Gasteiger partial charge in [-0.05, 0) is 42.8 Å². The number of phenols is 1. The summed E-state index contributed by atoms with van der Waals surface area (Å²) in [5.74, 6) is 0.331. The Balaban J connectivity index is 1.70. The first-order chi connectivity index (χ1) is 17.7. The van der Waals surface area contributed by atoms with Crippen molar-refractivity contribution in [2.45, 2.75) is 6.92 Å². The van der Waals surface area contributed by atoms with Crippen molar-refractivity contribution in [3.63, 3.8) is 0 Å². The lowest BCUT2D eigenvalue weighted by molar-refractivity contribution is -0.385. The van der Waals surface area contributed by atoms with Crippen LogP contribution in [0.1, 0.15) is 5.56 Å². The van der Waals surface area contributed by atoms with E-state index in [1.165, 1.54) is 42.9 Å². The van der Waals surface area contributed by atoms with Crippen LogP contribution in [0, 0.1) is 17.0 Å². The van der Waals surface area contributed by atoms with Crippen molar-refractivity contribution in [2.24, 2.45) is 0 Å². The van der Waals surface area contributed by atoms with Crippen LogP contribution in [0.25, 0.3) is 33.5 Å². The third kappa shape index (κ3) is 3.83. The van der Waals surface area contributed by atoms with Gasteiger partial charge < -0.3 is 14.8 Å². The minimum absolute atomic E-state index is 0.00465. The van der Waals surface area contributed by atoms with Gasteiger partial charge in [0, 0.05) is 17.3 Å². The number of aromatic hydroxyl groups is 1. The molecule has 2 heterocycles.